The minimum absolute atomic E-state index is 0.0641. The van der Waals surface area contributed by atoms with Crippen molar-refractivity contribution < 1.29 is 15.0 Å². The molecule has 0 saturated carbocycles. The second-order valence-electron chi connectivity index (χ2n) is 5.05. The Morgan fingerprint density at radius 2 is 2.10 bits per heavy atom. The van der Waals surface area contributed by atoms with Crippen molar-refractivity contribution in [3.05, 3.63) is 45.2 Å². The van der Waals surface area contributed by atoms with Gasteiger partial charge in [-0.3, -0.25) is 0 Å². The number of aromatic carboxylic acids is 1. The van der Waals surface area contributed by atoms with Crippen LogP contribution in [0.3, 0.4) is 0 Å². The smallest absolute Gasteiger partial charge is 0.339 e. The lowest BCUT2D eigenvalue weighted by Crippen LogP contribution is -1.98. The molecule has 0 bridgehead atoms. The van der Waals surface area contributed by atoms with Crippen LogP contribution >= 0.6 is 22.6 Å². The van der Waals surface area contributed by atoms with E-state index in [2.05, 4.69) is 40.8 Å². The number of rotatable bonds is 2. The van der Waals surface area contributed by atoms with Crippen molar-refractivity contribution in [1.82, 2.24) is 4.57 Å². The normalized spacial score (nSPS) is 14.5. The van der Waals surface area contributed by atoms with E-state index >= 15 is 0 Å². The molecule has 4 nitrogen and oxygen atoms in total. The number of carbonyl (C=O) groups is 1. The monoisotopic (exact) mass is 395 g/mol. The molecule has 0 radical (unpaired) electrons. The highest BCUT2D eigenvalue weighted by molar-refractivity contribution is 14.1. The molecule has 21 heavy (non-hydrogen) atoms. The highest BCUT2D eigenvalue weighted by atomic mass is 127. The molecule has 1 aliphatic rings. The molecule has 0 unspecified atom stereocenters. The van der Waals surface area contributed by atoms with Gasteiger partial charge in [-0.2, -0.15) is 0 Å². The number of aromatic hydroxyl groups is 1. The van der Waals surface area contributed by atoms with Crippen LogP contribution in [-0.2, 0) is 7.05 Å². The van der Waals surface area contributed by atoms with Gasteiger partial charge >= 0.3 is 5.97 Å². The van der Waals surface area contributed by atoms with Crippen LogP contribution in [-0.4, -0.2) is 20.7 Å². The summed E-state index contributed by atoms with van der Waals surface area (Å²) in [6.45, 7) is 0. The zero-order valence-electron chi connectivity index (χ0n) is 11.4. The quantitative estimate of drug-likeness (QED) is 0.758. The fourth-order valence-electron chi connectivity index (χ4n) is 2.71. The molecule has 2 aromatic rings. The number of carboxylic acids is 1. The largest absolute Gasteiger partial charge is 0.507 e. The van der Waals surface area contributed by atoms with Crippen molar-refractivity contribution in [2.45, 2.75) is 12.8 Å². The van der Waals surface area contributed by atoms with Gasteiger partial charge in [0.1, 0.15) is 11.3 Å². The van der Waals surface area contributed by atoms with E-state index in [-0.39, 0.29) is 11.3 Å². The molecule has 0 atom stereocenters. The fraction of sp³-hybridized carbons (Fsp3) is 0.188. The van der Waals surface area contributed by atoms with E-state index in [0.717, 1.165) is 38.6 Å². The number of carboxylic acid groups (broad SMARTS) is 1. The number of aryl methyl sites for hydroxylation is 1. The van der Waals surface area contributed by atoms with E-state index in [9.17, 15) is 9.90 Å². The topological polar surface area (TPSA) is 62.5 Å². The number of aromatic nitrogens is 1. The summed E-state index contributed by atoms with van der Waals surface area (Å²) in [5, 5.41) is 19.9. The van der Waals surface area contributed by atoms with Crippen LogP contribution in [0.4, 0.5) is 0 Å². The van der Waals surface area contributed by atoms with Crippen molar-refractivity contribution in [3.63, 3.8) is 0 Å². The van der Waals surface area contributed by atoms with Crippen molar-refractivity contribution in [2.75, 3.05) is 0 Å². The summed E-state index contributed by atoms with van der Waals surface area (Å²) in [4.78, 5) is 11.2. The number of nitrogens with zero attached hydrogens (tertiary/aromatic N) is 1. The molecule has 1 heterocycles. The van der Waals surface area contributed by atoms with E-state index < -0.39 is 5.97 Å². The standard InChI is InChI=1S/C16H14INO3/c1-18-12-8-13(19)11(16(20)21)7-10(12)14(17)15(18)9-5-3-2-4-6-9/h3,5-8,19H,2,4H2,1H3,(H,20,21). The first-order valence-corrected chi connectivity index (χ1v) is 7.70. The maximum atomic E-state index is 11.2. The Labute approximate surface area is 135 Å². The van der Waals surface area contributed by atoms with Crippen molar-refractivity contribution in [3.8, 4) is 5.75 Å². The van der Waals surface area contributed by atoms with Crippen molar-refractivity contribution >= 4 is 45.0 Å². The van der Waals surface area contributed by atoms with Gasteiger partial charge in [-0.05, 0) is 47.1 Å². The molecule has 0 fully saturated rings. The van der Waals surface area contributed by atoms with Gasteiger partial charge in [0, 0.05) is 22.1 Å². The first kappa shape index (κ1) is 14.2. The number of phenols is 1. The van der Waals surface area contributed by atoms with Gasteiger partial charge in [0.25, 0.3) is 0 Å². The molecule has 0 amide bonds. The van der Waals surface area contributed by atoms with Crippen LogP contribution in [0.25, 0.3) is 16.5 Å². The minimum atomic E-state index is -1.12. The first-order valence-electron chi connectivity index (χ1n) is 6.62. The second kappa shape index (κ2) is 5.22. The molecular weight excluding hydrogens is 381 g/mol. The lowest BCUT2D eigenvalue weighted by molar-refractivity contribution is 0.0694. The Morgan fingerprint density at radius 3 is 2.71 bits per heavy atom. The Balaban J connectivity index is 2.31. The summed E-state index contributed by atoms with van der Waals surface area (Å²) in [6.07, 6.45) is 8.48. The lowest BCUT2D eigenvalue weighted by Gasteiger charge is -2.09. The maximum absolute atomic E-state index is 11.2. The van der Waals surface area contributed by atoms with E-state index in [1.807, 2.05) is 11.6 Å². The van der Waals surface area contributed by atoms with Gasteiger partial charge in [0.2, 0.25) is 0 Å². The van der Waals surface area contributed by atoms with Crippen molar-refractivity contribution in [1.29, 1.82) is 0 Å². The summed E-state index contributed by atoms with van der Waals surface area (Å²) in [7, 11) is 1.93. The third-order valence-electron chi connectivity index (χ3n) is 3.75. The molecular formula is C16H14INO3. The molecule has 108 valence electrons. The summed E-state index contributed by atoms with van der Waals surface area (Å²) < 4.78 is 3.01. The fourth-order valence-corrected chi connectivity index (χ4v) is 3.81. The molecule has 0 aliphatic heterocycles. The van der Waals surface area contributed by atoms with Crippen LogP contribution in [0.1, 0.15) is 28.9 Å². The van der Waals surface area contributed by atoms with Gasteiger partial charge < -0.3 is 14.8 Å². The van der Waals surface area contributed by atoms with Gasteiger partial charge in [0.05, 0.1) is 11.2 Å². The van der Waals surface area contributed by atoms with Crippen LogP contribution in [0, 0.1) is 3.57 Å². The van der Waals surface area contributed by atoms with Crippen LogP contribution in [0.5, 0.6) is 5.75 Å². The number of halogens is 1. The molecule has 0 saturated heterocycles. The zero-order chi connectivity index (χ0) is 15.1. The summed E-state index contributed by atoms with van der Waals surface area (Å²) in [5.74, 6) is -1.32. The summed E-state index contributed by atoms with van der Waals surface area (Å²) in [5.41, 5.74) is 2.96. The Morgan fingerprint density at radius 1 is 1.33 bits per heavy atom. The molecule has 2 N–H and O–H groups in total. The van der Waals surface area contributed by atoms with E-state index in [0.29, 0.717) is 0 Å². The molecule has 1 aromatic carbocycles. The van der Waals surface area contributed by atoms with Gasteiger partial charge in [-0.15, -0.1) is 0 Å². The van der Waals surface area contributed by atoms with Crippen molar-refractivity contribution in [2.24, 2.45) is 7.05 Å². The Hall–Kier alpha value is -1.76. The third kappa shape index (κ3) is 2.25. The molecule has 5 heteroatoms. The highest BCUT2D eigenvalue weighted by Crippen LogP contribution is 2.36. The van der Waals surface area contributed by atoms with Crippen LogP contribution < -0.4 is 0 Å². The molecule has 0 spiro atoms. The Kier molecular flexibility index (Phi) is 3.52. The van der Waals surface area contributed by atoms with Crippen LogP contribution in [0.2, 0.25) is 0 Å². The minimum Gasteiger partial charge on any atom is -0.507 e. The molecule has 3 rings (SSSR count). The second-order valence-corrected chi connectivity index (χ2v) is 6.13. The highest BCUT2D eigenvalue weighted by Gasteiger charge is 2.20. The number of hydrogen-bond donors (Lipinski definition) is 2. The predicted octanol–water partition coefficient (Wildman–Crippen LogP) is 3.92. The number of benzene rings is 1. The Bertz CT molecular complexity index is 815. The number of fused-ring (bicyclic) bond motifs is 1. The maximum Gasteiger partial charge on any atom is 0.339 e. The number of allylic oxidation sites excluding steroid dienone is 4. The average Bonchev–Trinajstić information content (AvgIpc) is 2.70. The number of hydrogen-bond acceptors (Lipinski definition) is 2. The lowest BCUT2D eigenvalue weighted by atomic mass is 10.0. The predicted molar refractivity (Wildman–Crippen MR) is 90.6 cm³/mol. The van der Waals surface area contributed by atoms with Gasteiger partial charge in [-0.25, -0.2) is 4.79 Å². The SMILES string of the molecule is Cn1c(C2=CCCC=C2)c(I)c2cc(C(=O)O)c(O)cc21. The van der Waals surface area contributed by atoms with E-state index in [1.54, 1.807) is 6.07 Å². The van der Waals surface area contributed by atoms with E-state index in [1.165, 1.54) is 6.07 Å². The molecule has 1 aromatic heterocycles. The first-order chi connectivity index (χ1) is 10.0. The van der Waals surface area contributed by atoms with Gasteiger partial charge in [-0.1, -0.05) is 18.2 Å². The third-order valence-corrected chi connectivity index (χ3v) is 4.85. The summed E-state index contributed by atoms with van der Waals surface area (Å²) >= 11 is 2.24. The summed E-state index contributed by atoms with van der Waals surface area (Å²) in [6, 6.07) is 3.07. The average molecular weight is 395 g/mol. The zero-order valence-corrected chi connectivity index (χ0v) is 13.6. The van der Waals surface area contributed by atoms with Crippen LogP contribution in [0.15, 0.2) is 30.4 Å². The van der Waals surface area contributed by atoms with E-state index in [4.69, 9.17) is 5.11 Å². The molecule has 1 aliphatic carbocycles. The van der Waals surface area contributed by atoms with Gasteiger partial charge in [0.15, 0.2) is 0 Å².